The zero-order chi connectivity index (χ0) is 20.5. The Bertz CT molecular complexity index is 1040. The van der Waals surface area contributed by atoms with Gasteiger partial charge in [-0.3, -0.25) is 14.9 Å². The average molecular weight is 423 g/mol. The molecule has 1 atom stereocenters. The standard InChI is InChI=1S/C19H19ClN2O5S/c1-13-5-4-10-21(12-13)19(23)14-8-9-18(16(11-14)22(24)25)28(26,27)17-7-3-2-6-15(17)20/h2-3,6-9,11,13H,4-5,10,12H2,1H3. The van der Waals surface area contributed by atoms with Crippen molar-refractivity contribution in [2.24, 2.45) is 5.92 Å². The monoisotopic (exact) mass is 422 g/mol. The van der Waals surface area contributed by atoms with E-state index in [2.05, 4.69) is 0 Å². The van der Waals surface area contributed by atoms with E-state index in [9.17, 15) is 23.3 Å². The molecule has 1 fully saturated rings. The van der Waals surface area contributed by atoms with Crippen molar-refractivity contribution in [2.45, 2.75) is 29.6 Å². The first kappa shape index (κ1) is 20.3. The third-order valence-corrected chi connectivity index (χ3v) is 7.06. The lowest BCUT2D eigenvalue weighted by atomic mass is 9.99. The average Bonchev–Trinajstić information content (AvgIpc) is 2.67. The number of piperidine rings is 1. The van der Waals surface area contributed by atoms with E-state index in [-0.39, 0.29) is 21.4 Å². The lowest BCUT2D eigenvalue weighted by molar-refractivity contribution is -0.387. The fourth-order valence-electron chi connectivity index (χ4n) is 3.36. The van der Waals surface area contributed by atoms with Crippen LogP contribution in [0.4, 0.5) is 5.69 Å². The zero-order valence-corrected chi connectivity index (χ0v) is 16.7. The Morgan fingerprint density at radius 2 is 1.93 bits per heavy atom. The molecule has 0 radical (unpaired) electrons. The maximum absolute atomic E-state index is 12.9. The van der Waals surface area contributed by atoms with Crippen molar-refractivity contribution in [2.75, 3.05) is 13.1 Å². The van der Waals surface area contributed by atoms with E-state index >= 15 is 0 Å². The Balaban J connectivity index is 2.04. The normalized spacial score (nSPS) is 17.4. The summed E-state index contributed by atoms with van der Waals surface area (Å²) in [5.41, 5.74) is -0.547. The molecule has 2 aromatic carbocycles. The molecule has 0 N–H and O–H groups in total. The highest BCUT2D eigenvalue weighted by molar-refractivity contribution is 7.91. The second-order valence-electron chi connectivity index (χ2n) is 6.87. The molecule has 1 saturated heterocycles. The molecule has 1 amide bonds. The van der Waals surface area contributed by atoms with Gasteiger partial charge in [0.05, 0.1) is 14.8 Å². The van der Waals surface area contributed by atoms with Crippen molar-refractivity contribution >= 4 is 33.0 Å². The molecule has 0 spiro atoms. The second-order valence-corrected chi connectivity index (χ2v) is 9.17. The van der Waals surface area contributed by atoms with E-state index in [1.807, 2.05) is 6.92 Å². The summed E-state index contributed by atoms with van der Waals surface area (Å²) in [5.74, 6) is 0.0175. The molecule has 3 rings (SSSR count). The van der Waals surface area contributed by atoms with Gasteiger partial charge in [0.15, 0.2) is 0 Å². The van der Waals surface area contributed by atoms with Gasteiger partial charge in [-0.15, -0.1) is 0 Å². The first-order valence-corrected chi connectivity index (χ1v) is 10.6. The fourth-order valence-corrected chi connectivity index (χ4v) is 5.27. The molecule has 0 bridgehead atoms. The maximum atomic E-state index is 12.9. The van der Waals surface area contributed by atoms with Gasteiger partial charge in [0, 0.05) is 24.7 Å². The predicted molar refractivity (Wildman–Crippen MR) is 104 cm³/mol. The molecule has 2 aromatic rings. The van der Waals surface area contributed by atoms with Crippen LogP contribution in [0.1, 0.15) is 30.1 Å². The number of nitro benzene ring substituents is 1. The number of carbonyl (C=O) groups is 1. The topological polar surface area (TPSA) is 97.6 Å². The summed E-state index contributed by atoms with van der Waals surface area (Å²) >= 11 is 5.98. The molecule has 1 aliphatic heterocycles. The Hall–Kier alpha value is -2.45. The van der Waals surface area contributed by atoms with Gasteiger partial charge in [-0.25, -0.2) is 8.42 Å². The summed E-state index contributed by atoms with van der Waals surface area (Å²) in [4.78, 5) is 24.5. The number of hydrogen-bond acceptors (Lipinski definition) is 5. The molecule has 7 nitrogen and oxygen atoms in total. The number of amides is 1. The largest absolute Gasteiger partial charge is 0.338 e. The van der Waals surface area contributed by atoms with Gasteiger partial charge in [0.1, 0.15) is 4.90 Å². The summed E-state index contributed by atoms with van der Waals surface area (Å²) in [6.45, 7) is 3.20. The van der Waals surface area contributed by atoms with Crippen LogP contribution in [-0.4, -0.2) is 37.2 Å². The molecule has 28 heavy (non-hydrogen) atoms. The van der Waals surface area contributed by atoms with Gasteiger partial charge in [-0.2, -0.15) is 0 Å². The van der Waals surface area contributed by atoms with Crippen LogP contribution in [0.5, 0.6) is 0 Å². The SMILES string of the molecule is CC1CCCN(C(=O)c2ccc(S(=O)(=O)c3ccccc3Cl)c([N+](=O)[O-])c2)C1. The molecule has 1 aliphatic rings. The Kier molecular flexibility index (Phi) is 5.71. The van der Waals surface area contributed by atoms with Gasteiger partial charge in [0.25, 0.3) is 11.6 Å². The van der Waals surface area contributed by atoms with E-state index in [4.69, 9.17) is 11.6 Å². The first-order chi connectivity index (χ1) is 13.2. The number of nitro groups is 1. The van der Waals surface area contributed by atoms with E-state index in [0.29, 0.717) is 19.0 Å². The summed E-state index contributed by atoms with van der Waals surface area (Å²) in [6.07, 6.45) is 1.90. The van der Waals surface area contributed by atoms with Gasteiger partial charge >= 0.3 is 0 Å². The van der Waals surface area contributed by atoms with Crippen LogP contribution in [0.15, 0.2) is 52.3 Å². The first-order valence-electron chi connectivity index (χ1n) is 8.79. The molecule has 0 aromatic heterocycles. The Morgan fingerprint density at radius 3 is 2.57 bits per heavy atom. The van der Waals surface area contributed by atoms with E-state index in [1.54, 1.807) is 11.0 Å². The van der Waals surface area contributed by atoms with Crippen molar-refractivity contribution in [1.82, 2.24) is 4.90 Å². The Morgan fingerprint density at radius 1 is 1.21 bits per heavy atom. The summed E-state index contributed by atoms with van der Waals surface area (Å²) in [6, 6.07) is 9.20. The number of sulfone groups is 1. The third kappa shape index (κ3) is 3.88. The van der Waals surface area contributed by atoms with Crippen LogP contribution in [0, 0.1) is 16.0 Å². The number of rotatable bonds is 4. The summed E-state index contributed by atoms with van der Waals surface area (Å²) in [7, 11) is -4.22. The highest BCUT2D eigenvalue weighted by Crippen LogP contribution is 2.33. The van der Waals surface area contributed by atoms with Gasteiger partial charge in [-0.05, 0) is 43.0 Å². The number of benzene rings is 2. The van der Waals surface area contributed by atoms with Crippen LogP contribution >= 0.6 is 11.6 Å². The molecule has 1 unspecified atom stereocenters. The van der Waals surface area contributed by atoms with Crippen molar-refractivity contribution in [1.29, 1.82) is 0 Å². The van der Waals surface area contributed by atoms with E-state index < -0.39 is 25.3 Å². The molecule has 0 aliphatic carbocycles. The number of nitrogens with zero attached hydrogens (tertiary/aromatic N) is 2. The fraction of sp³-hybridized carbons (Fsp3) is 0.316. The zero-order valence-electron chi connectivity index (χ0n) is 15.2. The van der Waals surface area contributed by atoms with Gasteiger partial charge < -0.3 is 4.90 Å². The molecular weight excluding hydrogens is 404 g/mol. The van der Waals surface area contributed by atoms with Gasteiger partial charge in [-0.1, -0.05) is 30.7 Å². The minimum atomic E-state index is -4.22. The van der Waals surface area contributed by atoms with Crippen molar-refractivity contribution in [3.63, 3.8) is 0 Å². The lowest BCUT2D eigenvalue weighted by Crippen LogP contribution is -2.39. The number of hydrogen-bond donors (Lipinski definition) is 0. The van der Waals surface area contributed by atoms with Gasteiger partial charge in [0.2, 0.25) is 9.84 Å². The minimum Gasteiger partial charge on any atom is -0.338 e. The van der Waals surface area contributed by atoms with Crippen molar-refractivity contribution in [3.8, 4) is 0 Å². The Labute approximate surface area is 168 Å². The summed E-state index contributed by atoms with van der Waals surface area (Å²) < 4.78 is 25.8. The van der Waals surface area contributed by atoms with E-state index in [1.165, 1.54) is 24.3 Å². The van der Waals surface area contributed by atoms with Crippen LogP contribution in [0.2, 0.25) is 5.02 Å². The van der Waals surface area contributed by atoms with Crippen LogP contribution in [-0.2, 0) is 9.84 Å². The number of halogens is 1. The molecule has 9 heteroatoms. The maximum Gasteiger partial charge on any atom is 0.289 e. The van der Waals surface area contributed by atoms with Crippen LogP contribution in [0.25, 0.3) is 0 Å². The van der Waals surface area contributed by atoms with Crippen LogP contribution in [0.3, 0.4) is 0 Å². The van der Waals surface area contributed by atoms with E-state index in [0.717, 1.165) is 25.0 Å². The van der Waals surface area contributed by atoms with Crippen molar-refractivity contribution in [3.05, 3.63) is 63.2 Å². The second kappa shape index (κ2) is 7.89. The lowest BCUT2D eigenvalue weighted by Gasteiger charge is -2.31. The molecular formula is C19H19ClN2O5S. The quantitative estimate of drug-likeness (QED) is 0.548. The predicted octanol–water partition coefficient (Wildman–Crippen LogP) is 3.95. The highest BCUT2D eigenvalue weighted by Gasteiger charge is 2.31. The number of carbonyl (C=O) groups excluding carboxylic acids is 1. The minimum absolute atomic E-state index is 0.0285. The number of likely N-dealkylation sites (tertiary alicyclic amines) is 1. The molecule has 148 valence electrons. The highest BCUT2D eigenvalue weighted by atomic mass is 35.5. The molecule has 1 heterocycles. The smallest absolute Gasteiger partial charge is 0.289 e. The molecule has 0 saturated carbocycles. The summed E-state index contributed by atoms with van der Waals surface area (Å²) in [5, 5.41) is 11.5. The van der Waals surface area contributed by atoms with Crippen LogP contribution < -0.4 is 0 Å². The third-order valence-electron chi connectivity index (χ3n) is 4.76. The van der Waals surface area contributed by atoms with Crippen molar-refractivity contribution < 1.29 is 18.1 Å².